The zero-order chi connectivity index (χ0) is 21.7. The lowest BCUT2D eigenvalue weighted by Crippen LogP contribution is -2.33. The number of sulfonamides is 1. The summed E-state index contributed by atoms with van der Waals surface area (Å²) in [6.07, 6.45) is 3.75. The lowest BCUT2D eigenvalue weighted by atomic mass is 10.1. The molecular formula is C23H30N2O4S. The van der Waals surface area contributed by atoms with Crippen LogP contribution in [0.25, 0.3) is 0 Å². The van der Waals surface area contributed by atoms with Gasteiger partial charge in [0.15, 0.2) is 0 Å². The number of para-hydroxylation sites is 1. The maximum atomic E-state index is 13.4. The van der Waals surface area contributed by atoms with Gasteiger partial charge in [-0.1, -0.05) is 31.0 Å². The fraction of sp³-hybridized carbons (Fsp3) is 0.435. The second kappa shape index (κ2) is 9.62. The van der Waals surface area contributed by atoms with Gasteiger partial charge in [0.1, 0.15) is 10.6 Å². The van der Waals surface area contributed by atoms with Gasteiger partial charge in [-0.05, 0) is 56.5 Å². The van der Waals surface area contributed by atoms with E-state index in [1.54, 1.807) is 17.0 Å². The van der Waals surface area contributed by atoms with Crippen LogP contribution in [-0.4, -0.2) is 45.4 Å². The van der Waals surface area contributed by atoms with Crippen molar-refractivity contribution in [3.8, 4) is 5.75 Å². The molecule has 0 saturated carbocycles. The maximum absolute atomic E-state index is 13.4. The van der Waals surface area contributed by atoms with Crippen molar-refractivity contribution in [1.82, 2.24) is 4.31 Å². The highest BCUT2D eigenvalue weighted by molar-refractivity contribution is 7.89. The van der Waals surface area contributed by atoms with Crippen molar-refractivity contribution in [2.24, 2.45) is 0 Å². The first-order chi connectivity index (χ1) is 14.4. The largest absolute Gasteiger partial charge is 0.495 e. The van der Waals surface area contributed by atoms with E-state index in [1.165, 1.54) is 17.5 Å². The Balaban J connectivity index is 2.01. The topological polar surface area (TPSA) is 66.9 Å². The minimum Gasteiger partial charge on any atom is -0.495 e. The van der Waals surface area contributed by atoms with Crippen molar-refractivity contribution in [3.05, 3.63) is 53.6 Å². The summed E-state index contributed by atoms with van der Waals surface area (Å²) in [7, 11) is -2.30. The van der Waals surface area contributed by atoms with Crippen LogP contribution < -0.4 is 9.64 Å². The molecule has 0 bridgehead atoms. The van der Waals surface area contributed by atoms with Gasteiger partial charge in [-0.25, -0.2) is 8.42 Å². The van der Waals surface area contributed by atoms with Crippen molar-refractivity contribution in [2.75, 3.05) is 31.6 Å². The van der Waals surface area contributed by atoms with Crippen LogP contribution in [0.4, 0.5) is 5.69 Å². The van der Waals surface area contributed by atoms with E-state index in [2.05, 4.69) is 0 Å². The van der Waals surface area contributed by atoms with Crippen LogP contribution >= 0.6 is 0 Å². The quantitative estimate of drug-likeness (QED) is 0.688. The molecule has 2 aromatic carbocycles. The molecule has 1 fully saturated rings. The summed E-state index contributed by atoms with van der Waals surface area (Å²) in [6, 6.07) is 12.3. The van der Waals surface area contributed by atoms with Gasteiger partial charge in [-0.15, -0.1) is 0 Å². The highest BCUT2D eigenvalue weighted by atomic mass is 32.2. The molecule has 0 unspecified atom stereocenters. The molecular weight excluding hydrogens is 400 g/mol. The molecule has 0 N–H and O–H groups in total. The molecule has 30 heavy (non-hydrogen) atoms. The van der Waals surface area contributed by atoms with E-state index in [4.69, 9.17) is 4.74 Å². The van der Waals surface area contributed by atoms with Crippen LogP contribution in [0.5, 0.6) is 5.75 Å². The van der Waals surface area contributed by atoms with E-state index in [9.17, 15) is 13.2 Å². The molecule has 0 radical (unpaired) electrons. The molecule has 1 aliphatic rings. The van der Waals surface area contributed by atoms with E-state index < -0.39 is 10.0 Å². The summed E-state index contributed by atoms with van der Waals surface area (Å²) < 4.78 is 33.6. The third-order valence-electron chi connectivity index (χ3n) is 5.56. The summed E-state index contributed by atoms with van der Waals surface area (Å²) in [5.74, 6) is 0.0245. The van der Waals surface area contributed by atoms with Crippen LogP contribution in [0.15, 0.2) is 47.4 Å². The molecule has 0 atom stereocenters. The third-order valence-corrected chi connectivity index (χ3v) is 7.48. The average Bonchev–Trinajstić information content (AvgIpc) is 3.05. The molecule has 0 aliphatic carbocycles. The standard InChI is InChI=1S/C23H30N2O4S/c1-4-25(20-12-8-7-11-18(20)2)23(26)19-13-14-21(29-3)22(17-19)30(27,28)24-15-9-5-6-10-16-24/h7-8,11-14,17H,4-6,9-10,15-16H2,1-3H3. The number of hydrogen-bond donors (Lipinski definition) is 0. The number of carbonyl (C=O) groups excluding carboxylic acids is 1. The number of amides is 1. The Morgan fingerprint density at radius 2 is 1.73 bits per heavy atom. The molecule has 3 rings (SSSR count). The van der Waals surface area contributed by atoms with Crippen LogP contribution in [-0.2, 0) is 10.0 Å². The van der Waals surface area contributed by atoms with Gasteiger partial charge in [-0.2, -0.15) is 4.31 Å². The number of methoxy groups -OCH3 is 1. The van der Waals surface area contributed by atoms with Crippen LogP contribution in [0.2, 0.25) is 0 Å². The van der Waals surface area contributed by atoms with E-state index in [0.717, 1.165) is 36.9 Å². The SMILES string of the molecule is CCN(C(=O)c1ccc(OC)c(S(=O)(=O)N2CCCCCC2)c1)c1ccccc1C. The van der Waals surface area contributed by atoms with E-state index in [-0.39, 0.29) is 16.6 Å². The predicted molar refractivity (Wildman–Crippen MR) is 119 cm³/mol. The van der Waals surface area contributed by atoms with E-state index >= 15 is 0 Å². The minimum absolute atomic E-state index is 0.0542. The number of hydrogen-bond acceptors (Lipinski definition) is 4. The van der Waals surface area contributed by atoms with Gasteiger partial charge in [0, 0.05) is 30.9 Å². The fourth-order valence-corrected chi connectivity index (χ4v) is 5.58. The molecule has 0 spiro atoms. The normalized spacial score (nSPS) is 15.4. The van der Waals surface area contributed by atoms with Gasteiger partial charge in [0.25, 0.3) is 5.91 Å². The zero-order valence-corrected chi connectivity index (χ0v) is 18.7. The first-order valence-corrected chi connectivity index (χ1v) is 11.9. The summed E-state index contributed by atoms with van der Waals surface area (Å²) in [5.41, 5.74) is 2.13. The Morgan fingerprint density at radius 1 is 1.07 bits per heavy atom. The number of nitrogens with zero attached hydrogens (tertiary/aromatic N) is 2. The number of rotatable bonds is 6. The van der Waals surface area contributed by atoms with Crippen molar-refractivity contribution in [1.29, 1.82) is 0 Å². The molecule has 1 saturated heterocycles. The highest BCUT2D eigenvalue weighted by Gasteiger charge is 2.30. The number of aryl methyl sites for hydroxylation is 1. The van der Waals surface area contributed by atoms with Crippen LogP contribution in [0, 0.1) is 6.92 Å². The Hall–Kier alpha value is -2.38. The molecule has 6 nitrogen and oxygen atoms in total. The number of carbonyl (C=O) groups is 1. The smallest absolute Gasteiger partial charge is 0.258 e. The highest BCUT2D eigenvalue weighted by Crippen LogP contribution is 2.30. The summed E-state index contributed by atoms with van der Waals surface area (Å²) in [5, 5.41) is 0. The second-order valence-corrected chi connectivity index (χ2v) is 9.43. The van der Waals surface area contributed by atoms with E-state index in [1.807, 2.05) is 38.1 Å². The van der Waals surface area contributed by atoms with Gasteiger partial charge >= 0.3 is 0 Å². The van der Waals surface area contributed by atoms with Crippen molar-refractivity contribution in [2.45, 2.75) is 44.4 Å². The third kappa shape index (κ3) is 4.52. The Morgan fingerprint density at radius 3 is 2.33 bits per heavy atom. The summed E-state index contributed by atoms with van der Waals surface area (Å²) >= 11 is 0. The summed E-state index contributed by atoms with van der Waals surface area (Å²) in [6.45, 7) is 5.32. The van der Waals surface area contributed by atoms with Crippen molar-refractivity contribution >= 4 is 21.6 Å². The molecule has 1 heterocycles. The molecule has 7 heteroatoms. The monoisotopic (exact) mass is 430 g/mol. The minimum atomic E-state index is -3.75. The van der Waals surface area contributed by atoms with Gasteiger partial charge in [0.2, 0.25) is 10.0 Å². The van der Waals surface area contributed by atoms with Crippen molar-refractivity contribution in [3.63, 3.8) is 0 Å². The molecule has 1 amide bonds. The Labute approximate surface area is 179 Å². The van der Waals surface area contributed by atoms with E-state index in [0.29, 0.717) is 25.2 Å². The number of ether oxygens (including phenoxy) is 1. The lowest BCUT2D eigenvalue weighted by molar-refractivity contribution is 0.0988. The van der Waals surface area contributed by atoms with Crippen LogP contribution in [0.3, 0.4) is 0 Å². The van der Waals surface area contributed by atoms with Gasteiger partial charge in [0.05, 0.1) is 7.11 Å². The number of anilines is 1. The van der Waals surface area contributed by atoms with Crippen molar-refractivity contribution < 1.29 is 17.9 Å². The maximum Gasteiger partial charge on any atom is 0.258 e. The number of benzene rings is 2. The lowest BCUT2D eigenvalue weighted by Gasteiger charge is -2.24. The second-order valence-electron chi connectivity index (χ2n) is 7.52. The summed E-state index contributed by atoms with van der Waals surface area (Å²) in [4.78, 5) is 15.0. The van der Waals surface area contributed by atoms with Crippen LogP contribution in [0.1, 0.15) is 48.5 Å². The predicted octanol–water partition coefficient (Wildman–Crippen LogP) is 4.24. The van der Waals surface area contributed by atoms with Gasteiger partial charge < -0.3 is 9.64 Å². The molecule has 162 valence electrons. The average molecular weight is 431 g/mol. The first kappa shape index (κ1) is 22.3. The first-order valence-electron chi connectivity index (χ1n) is 10.5. The zero-order valence-electron chi connectivity index (χ0n) is 17.9. The Bertz CT molecular complexity index is 996. The molecule has 2 aromatic rings. The molecule has 0 aromatic heterocycles. The fourth-order valence-electron chi connectivity index (χ4n) is 3.88. The van der Waals surface area contributed by atoms with Gasteiger partial charge in [-0.3, -0.25) is 4.79 Å². The molecule has 1 aliphatic heterocycles. The Kier molecular flexibility index (Phi) is 7.15.